The zero-order valence-electron chi connectivity index (χ0n) is 12.2. The van der Waals surface area contributed by atoms with Crippen molar-refractivity contribution in [1.29, 1.82) is 0 Å². The zero-order valence-corrected chi connectivity index (χ0v) is 13.1. The van der Waals surface area contributed by atoms with Gasteiger partial charge in [-0.1, -0.05) is 42.5 Å². The van der Waals surface area contributed by atoms with E-state index in [9.17, 15) is 8.42 Å². The van der Waals surface area contributed by atoms with Crippen molar-refractivity contribution in [3.8, 4) is 0 Å². The second kappa shape index (κ2) is 7.38. The molecule has 0 atom stereocenters. The summed E-state index contributed by atoms with van der Waals surface area (Å²) in [4.78, 5) is 0.371. The molecule has 3 nitrogen and oxygen atoms in total. The average Bonchev–Trinajstić information content (AvgIpc) is 2.47. The van der Waals surface area contributed by atoms with Gasteiger partial charge in [0.25, 0.3) is 0 Å². The molecule has 0 amide bonds. The minimum Gasteiger partial charge on any atom is -0.313 e. The molecule has 2 aromatic carbocycles. The predicted molar refractivity (Wildman–Crippen MR) is 86.0 cm³/mol. The molecular weight excluding hydrogens is 282 g/mol. The Hall–Kier alpha value is -1.65. The normalized spacial score (nSPS) is 11.5. The van der Waals surface area contributed by atoms with E-state index in [1.807, 2.05) is 18.2 Å². The first kappa shape index (κ1) is 15.7. The SMILES string of the molecule is CS(=O)(=O)c1ccc(CNCCCc2ccccc2)cc1. The van der Waals surface area contributed by atoms with E-state index in [-0.39, 0.29) is 0 Å². The first-order chi connectivity index (χ1) is 10.1. The van der Waals surface area contributed by atoms with Crippen LogP contribution < -0.4 is 5.32 Å². The van der Waals surface area contributed by atoms with Crippen LogP contribution in [0.2, 0.25) is 0 Å². The molecule has 0 saturated heterocycles. The second-order valence-corrected chi connectivity index (χ2v) is 7.20. The van der Waals surface area contributed by atoms with Gasteiger partial charge in [-0.3, -0.25) is 0 Å². The van der Waals surface area contributed by atoms with Gasteiger partial charge >= 0.3 is 0 Å². The lowest BCUT2D eigenvalue weighted by Crippen LogP contribution is -2.15. The summed E-state index contributed by atoms with van der Waals surface area (Å²) in [5.41, 5.74) is 2.46. The van der Waals surface area contributed by atoms with E-state index in [4.69, 9.17) is 0 Å². The van der Waals surface area contributed by atoms with Crippen molar-refractivity contribution in [3.05, 3.63) is 65.7 Å². The standard InChI is InChI=1S/C17H21NO2S/c1-21(19,20)17-11-9-16(10-12-17)14-18-13-5-8-15-6-3-2-4-7-15/h2-4,6-7,9-12,18H,5,8,13-14H2,1H3. The molecule has 4 heteroatoms. The van der Waals surface area contributed by atoms with Gasteiger partial charge in [0.1, 0.15) is 0 Å². The van der Waals surface area contributed by atoms with Crippen molar-refractivity contribution in [1.82, 2.24) is 5.32 Å². The van der Waals surface area contributed by atoms with Crippen LogP contribution in [0.1, 0.15) is 17.5 Å². The molecule has 0 aromatic heterocycles. The van der Waals surface area contributed by atoms with Gasteiger partial charge in [0.15, 0.2) is 9.84 Å². The van der Waals surface area contributed by atoms with Gasteiger partial charge in [-0.05, 0) is 42.6 Å². The van der Waals surface area contributed by atoms with Crippen molar-refractivity contribution >= 4 is 9.84 Å². The molecule has 0 aliphatic heterocycles. The smallest absolute Gasteiger partial charge is 0.175 e. The molecule has 0 saturated carbocycles. The van der Waals surface area contributed by atoms with Crippen LogP contribution in [0.3, 0.4) is 0 Å². The minimum absolute atomic E-state index is 0.371. The molecule has 0 aliphatic carbocycles. The zero-order chi connectivity index (χ0) is 15.1. The Morgan fingerprint density at radius 2 is 1.57 bits per heavy atom. The number of rotatable bonds is 7. The third-order valence-electron chi connectivity index (χ3n) is 3.34. The average molecular weight is 303 g/mol. The van der Waals surface area contributed by atoms with Crippen molar-refractivity contribution in [2.75, 3.05) is 12.8 Å². The highest BCUT2D eigenvalue weighted by Crippen LogP contribution is 2.10. The Kier molecular flexibility index (Phi) is 5.53. The lowest BCUT2D eigenvalue weighted by atomic mass is 10.1. The fraction of sp³-hybridized carbons (Fsp3) is 0.294. The van der Waals surface area contributed by atoms with E-state index in [0.717, 1.165) is 31.5 Å². The Morgan fingerprint density at radius 3 is 2.19 bits per heavy atom. The monoisotopic (exact) mass is 303 g/mol. The summed E-state index contributed by atoms with van der Waals surface area (Å²) >= 11 is 0. The van der Waals surface area contributed by atoms with Gasteiger partial charge in [0.05, 0.1) is 4.90 Å². The molecule has 0 unspecified atom stereocenters. The highest BCUT2D eigenvalue weighted by Gasteiger charge is 2.05. The van der Waals surface area contributed by atoms with Crippen molar-refractivity contribution in [3.63, 3.8) is 0 Å². The third kappa shape index (κ3) is 5.33. The predicted octanol–water partition coefficient (Wildman–Crippen LogP) is 2.81. The van der Waals surface area contributed by atoms with E-state index in [1.165, 1.54) is 11.8 Å². The Morgan fingerprint density at radius 1 is 0.905 bits per heavy atom. The third-order valence-corrected chi connectivity index (χ3v) is 4.47. The fourth-order valence-electron chi connectivity index (χ4n) is 2.15. The number of nitrogens with one attached hydrogen (secondary N) is 1. The quantitative estimate of drug-likeness (QED) is 0.800. The number of sulfone groups is 1. The molecule has 2 aromatic rings. The van der Waals surface area contributed by atoms with Gasteiger partial charge in [0.2, 0.25) is 0 Å². The lowest BCUT2D eigenvalue weighted by Gasteiger charge is -2.06. The molecule has 0 aliphatic rings. The number of hydrogen-bond donors (Lipinski definition) is 1. The van der Waals surface area contributed by atoms with Crippen molar-refractivity contribution < 1.29 is 8.42 Å². The van der Waals surface area contributed by atoms with E-state index in [2.05, 4.69) is 29.6 Å². The van der Waals surface area contributed by atoms with Crippen LogP contribution >= 0.6 is 0 Å². The first-order valence-electron chi connectivity index (χ1n) is 7.09. The van der Waals surface area contributed by atoms with Gasteiger partial charge in [-0.15, -0.1) is 0 Å². The van der Waals surface area contributed by atoms with Crippen LogP contribution in [-0.2, 0) is 22.8 Å². The van der Waals surface area contributed by atoms with Gasteiger partial charge in [0, 0.05) is 12.8 Å². The van der Waals surface area contributed by atoms with Crippen LogP contribution in [0.5, 0.6) is 0 Å². The maximum atomic E-state index is 11.4. The summed E-state index contributed by atoms with van der Waals surface area (Å²) in [7, 11) is -3.10. The van der Waals surface area contributed by atoms with Crippen LogP contribution in [0, 0.1) is 0 Å². The van der Waals surface area contributed by atoms with Gasteiger partial charge in [-0.25, -0.2) is 8.42 Å². The highest BCUT2D eigenvalue weighted by molar-refractivity contribution is 7.90. The molecule has 0 spiro atoms. The molecule has 0 radical (unpaired) electrons. The molecule has 1 N–H and O–H groups in total. The molecule has 0 heterocycles. The van der Waals surface area contributed by atoms with Crippen LogP contribution in [0.4, 0.5) is 0 Å². The molecular formula is C17H21NO2S. The molecule has 112 valence electrons. The van der Waals surface area contributed by atoms with E-state index >= 15 is 0 Å². The highest BCUT2D eigenvalue weighted by atomic mass is 32.2. The van der Waals surface area contributed by atoms with Crippen LogP contribution in [0.15, 0.2) is 59.5 Å². The van der Waals surface area contributed by atoms with Crippen molar-refractivity contribution in [2.45, 2.75) is 24.3 Å². The Balaban J connectivity index is 1.71. The summed E-state index contributed by atoms with van der Waals surface area (Å²) in [6.07, 6.45) is 3.39. The van der Waals surface area contributed by atoms with E-state index in [1.54, 1.807) is 12.1 Å². The molecule has 0 fully saturated rings. The number of benzene rings is 2. The lowest BCUT2D eigenvalue weighted by molar-refractivity contribution is 0.601. The molecule has 21 heavy (non-hydrogen) atoms. The summed E-state index contributed by atoms with van der Waals surface area (Å²) < 4.78 is 22.7. The summed E-state index contributed by atoms with van der Waals surface area (Å²) in [6.45, 7) is 1.71. The number of hydrogen-bond acceptors (Lipinski definition) is 3. The van der Waals surface area contributed by atoms with Crippen LogP contribution in [0.25, 0.3) is 0 Å². The van der Waals surface area contributed by atoms with Crippen molar-refractivity contribution in [2.24, 2.45) is 0 Å². The number of aryl methyl sites for hydroxylation is 1. The van der Waals surface area contributed by atoms with E-state index < -0.39 is 9.84 Å². The summed E-state index contributed by atoms with van der Waals surface area (Å²) in [6, 6.07) is 17.5. The summed E-state index contributed by atoms with van der Waals surface area (Å²) in [5, 5.41) is 3.38. The maximum absolute atomic E-state index is 11.4. The van der Waals surface area contributed by atoms with Gasteiger partial charge < -0.3 is 5.32 Å². The molecule has 2 rings (SSSR count). The first-order valence-corrected chi connectivity index (χ1v) is 8.98. The fourth-order valence-corrected chi connectivity index (χ4v) is 2.78. The van der Waals surface area contributed by atoms with E-state index in [0.29, 0.717) is 4.90 Å². The topological polar surface area (TPSA) is 46.2 Å². The maximum Gasteiger partial charge on any atom is 0.175 e. The Bertz CT molecular complexity index is 649. The van der Waals surface area contributed by atoms with Gasteiger partial charge in [-0.2, -0.15) is 0 Å². The van der Waals surface area contributed by atoms with Crippen LogP contribution in [-0.4, -0.2) is 21.2 Å². The Labute approximate surface area is 126 Å². The summed E-state index contributed by atoms with van der Waals surface area (Å²) in [5.74, 6) is 0. The molecule has 0 bridgehead atoms. The second-order valence-electron chi connectivity index (χ2n) is 5.18. The minimum atomic E-state index is -3.10. The largest absolute Gasteiger partial charge is 0.313 e.